The minimum absolute atomic E-state index is 0.00821. The molecule has 0 aliphatic rings. The largest absolute Gasteiger partial charge is 0.329 e. The molecular weight excluding hydrogens is 307 g/mol. The van der Waals surface area contributed by atoms with E-state index in [2.05, 4.69) is 4.72 Å². The van der Waals surface area contributed by atoms with Gasteiger partial charge >= 0.3 is 0 Å². The Morgan fingerprint density at radius 1 is 1.24 bits per heavy atom. The third-order valence-corrected chi connectivity index (χ3v) is 4.92. The molecule has 8 heteroatoms. The fraction of sp³-hybridized carbons (Fsp3) is 0.333. The fourth-order valence-corrected chi connectivity index (χ4v) is 2.56. The second-order valence-corrected chi connectivity index (χ2v) is 6.76. The second-order valence-electron chi connectivity index (χ2n) is 3.44. The molecule has 1 atom stereocenters. The molecule has 0 aliphatic carbocycles. The summed E-state index contributed by atoms with van der Waals surface area (Å²) in [5.74, 6) is 0. The average Bonchev–Trinajstić information content (AvgIpc) is 2.24. The van der Waals surface area contributed by atoms with Gasteiger partial charge in [-0.25, -0.2) is 8.42 Å². The zero-order valence-corrected chi connectivity index (χ0v) is 12.0. The number of hydrogen-bond donors (Lipinski definition) is 2. The van der Waals surface area contributed by atoms with Gasteiger partial charge in [0.05, 0.1) is 26.0 Å². The lowest BCUT2D eigenvalue weighted by Gasteiger charge is -2.14. The highest BCUT2D eigenvalue weighted by atomic mass is 35.5. The molecule has 1 unspecified atom stereocenters. The quantitative estimate of drug-likeness (QED) is 0.839. The highest BCUT2D eigenvalue weighted by molar-refractivity contribution is 7.93. The number of nitrogens with one attached hydrogen (secondary N) is 1. The lowest BCUT2D eigenvalue weighted by Crippen LogP contribution is -2.31. The van der Waals surface area contributed by atoms with E-state index in [0.717, 1.165) is 0 Å². The molecular formula is C9H11Cl3N2O2S. The maximum absolute atomic E-state index is 11.8. The van der Waals surface area contributed by atoms with Crippen LogP contribution in [0.5, 0.6) is 0 Å². The standard InChI is InChI=1S/C9H11Cl3N2O2S/c1-5(4-13)17(15,16)14-9-3-7(11)6(10)2-8(9)12/h2-3,5,14H,4,13H2,1H3. The summed E-state index contributed by atoms with van der Waals surface area (Å²) in [5.41, 5.74) is 5.49. The molecule has 1 rings (SSSR count). The van der Waals surface area contributed by atoms with E-state index in [1.165, 1.54) is 19.1 Å². The van der Waals surface area contributed by atoms with Crippen LogP contribution in [0.3, 0.4) is 0 Å². The molecule has 0 spiro atoms. The summed E-state index contributed by atoms with van der Waals surface area (Å²) in [7, 11) is -3.58. The van der Waals surface area contributed by atoms with Crippen LogP contribution in [0.15, 0.2) is 12.1 Å². The van der Waals surface area contributed by atoms with Gasteiger partial charge in [0.25, 0.3) is 0 Å². The Morgan fingerprint density at radius 2 is 1.76 bits per heavy atom. The lowest BCUT2D eigenvalue weighted by atomic mass is 10.3. The number of hydrogen-bond acceptors (Lipinski definition) is 3. The van der Waals surface area contributed by atoms with Crippen molar-refractivity contribution in [2.75, 3.05) is 11.3 Å². The monoisotopic (exact) mass is 316 g/mol. The highest BCUT2D eigenvalue weighted by Gasteiger charge is 2.20. The zero-order chi connectivity index (χ0) is 13.2. The number of anilines is 1. The fourth-order valence-electron chi connectivity index (χ4n) is 0.981. The van der Waals surface area contributed by atoms with E-state index < -0.39 is 15.3 Å². The molecule has 0 aromatic heterocycles. The van der Waals surface area contributed by atoms with Gasteiger partial charge in [0.15, 0.2) is 0 Å². The predicted molar refractivity (Wildman–Crippen MR) is 72.5 cm³/mol. The average molecular weight is 318 g/mol. The van der Waals surface area contributed by atoms with Crippen molar-refractivity contribution in [1.82, 2.24) is 0 Å². The van der Waals surface area contributed by atoms with Crippen molar-refractivity contribution in [3.63, 3.8) is 0 Å². The molecule has 1 aromatic carbocycles. The van der Waals surface area contributed by atoms with E-state index in [4.69, 9.17) is 40.5 Å². The third kappa shape index (κ3) is 3.63. The first-order valence-electron chi connectivity index (χ1n) is 4.64. The van der Waals surface area contributed by atoms with Gasteiger partial charge in [-0.2, -0.15) is 0 Å². The van der Waals surface area contributed by atoms with Crippen molar-refractivity contribution in [2.45, 2.75) is 12.2 Å². The Balaban J connectivity index is 3.08. The van der Waals surface area contributed by atoms with E-state index in [-0.39, 0.29) is 27.3 Å². The number of rotatable bonds is 4. The molecule has 0 saturated heterocycles. The third-order valence-electron chi connectivity index (χ3n) is 2.12. The van der Waals surface area contributed by atoms with Gasteiger partial charge < -0.3 is 5.73 Å². The maximum Gasteiger partial charge on any atom is 0.236 e. The van der Waals surface area contributed by atoms with Crippen molar-refractivity contribution in [1.29, 1.82) is 0 Å². The summed E-state index contributed by atoms with van der Waals surface area (Å²) in [6.45, 7) is 1.50. The molecule has 17 heavy (non-hydrogen) atoms. The summed E-state index contributed by atoms with van der Waals surface area (Å²) < 4.78 is 25.8. The first kappa shape index (κ1) is 14.9. The summed E-state index contributed by atoms with van der Waals surface area (Å²) in [6.07, 6.45) is 0. The smallest absolute Gasteiger partial charge is 0.236 e. The Labute approximate surface area is 115 Å². The van der Waals surface area contributed by atoms with Crippen LogP contribution in [0.4, 0.5) is 5.69 Å². The Morgan fingerprint density at radius 3 is 2.29 bits per heavy atom. The first-order valence-corrected chi connectivity index (χ1v) is 7.32. The van der Waals surface area contributed by atoms with Crippen LogP contribution in [0.1, 0.15) is 6.92 Å². The number of sulfonamides is 1. The number of benzene rings is 1. The summed E-state index contributed by atoms with van der Waals surface area (Å²) in [5, 5.41) is -0.0825. The minimum atomic E-state index is -3.58. The van der Waals surface area contributed by atoms with Gasteiger partial charge in [0.2, 0.25) is 10.0 Å². The SMILES string of the molecule is CC(CN)S(=O)(=O)Nc1cc(Cl)c(Cl)cc1Cl. The summed E-state index contributed by atoms with van der Waals surface area (Å²) in [4.78, 5) is 0. The van der Waals surface area contributed by atoms with E-state index in [1.54, 1.807) is 0 Å². The van der Waals surface area contributed by atoms with Crippen LogP contribution < -0.4 is 10.5 Å². The van der Waals surface area contributed by atoms with E-state index in [9.17, 15) is 8.42 Å². The van der Waals surface area contributed by atoms with Crippen LogP contribution in [0, 0.1) is 0 Å². The molecule has 0 amide bonds. The molecule has 4 nitrogen and oxygen atoms in total. The molecule has 3 N–H and O–H groups in total. The second kappa shape index (κ2) is 5.63. The number of halogens is 3. The predicted octanol–water partition coefficient (Wildman–Crippen LogP) is 2.74. The van der Waals surface area contributed by atoms with Crippen molar-refractivity contribution in [3.05, 3.63) is 27.2 Å². The van der Waals surface area contributed by atoms with Crippen LogP contribution in [-0.2, 0) is 10.0 Å². The van der Waals surface area contributed by atoms with Crippen molar-refractivity contribution in [3.8, 4) is 0 Å². The molecule has 0 saturated carbocycles. The van der Waals surface area contributed by atoms with Crippen LogP contribution in [-0.4, -0.2) is 20.2 Å². The van der Waals surface area contributed by atoms with E-state index in [0.29, 0.717) is 0 Å². The van der Waals surface area contributed by atoms with Gasteiger partial charge in [-0.3, -0.25) is 4.72 Å². The van der Waals surface area contributed by atoms with Crippen LogP contribution >= 0.6 is 34.8 Å². The van der Waals surface area contributed by atoms with Crippen LogP contribution in [0.25, 0.3) is 0 Å². The van der Waals surface area contributed by atoms with Gasteiger partial charge in [0.1, 0.15) is 0 Å². The Kier molecular flexibility index (Phi) is 4.92. The topological polar surface area (TPSA) is 72.2 Å². The van der Waals surface area contributed by atoms with Gasteiger partial charge in [-0.1, -0.05) is 34.8 Å². The van der Waals surface area contributed by atoms with Crippen molar-refractivity contribution < 1.29 is 8.42 Å². The lowest BCUT2D eigenvalue weighted by molar-refractivity contribution is 0.589. The Bertz CT molecular complexity index is 519. The van der Waals surface area contributed by atoms with E-state index in [1.807, 2.05) is 0 Å². The minimum Gasteiger partial charge on any atom is -0.329 e. The summed E-state index contributed by atoms with van der Waals surface area (Å²) in [6, 6.07) is 2.73. The molecule has 96 valence electrons. The highest BCUT2D eigenvalue weighted by Crippen LogP contribution is 2.32. The first-order chi connectivity index (χ1) is 7.77. The van der Waals surface area contributed by atoms with Gasteiger partial charge in [-0.05, 0) is 19.1 Å². The number of nitrogens with two attached hydrogens (primary N) is 1. The van der Waals surface area contributed by atoms with E-state index >= 15 is 0 Å². The summed E-state index contributed by atoms with van der Waals surface area (Å²) >= 11 is 17.4. The van der Waals surface area contributed by atoms with Crippen molar-refractivity contribution in [2.24, 2.45) is 5.73 Å². The Hall–Kier alpha value is -0.200. The molecule has 0 heterocycles. The van der Waals surface area contributed by atoms with Gasteiger partial charge in [0, 0.05) is 6.54 Å². The normalized spacial score (nSPS) is 13.5. The molecule has 0 bridgehead atoms. The maximum atomic E-state index is 11.8. The van der Waals surface area contributed by atoms with Crippen LogP contribution in [0.2, 0.25) is 15.1 Å². The molecule has 0 aliphatic heterocycles. The molecule has 1 aromatic rings. The molecule has 0 fully saturated rings. The zero-order valence-electron chi connectivity index (χ0n) is 8.88. The van der Waals surface area contributed by atoms with Crippen molar-refractivity contribution >= 4 is 50.5 Å². The molecule has 0 radical (unpaired) electrons. The van der Waals surface area contributed by atoms with Gasteiger partial charge in [-0.15, -0.1) is 0 Å².